The van der Waals surface area contributed by atoms with Crippen molar-refractivity contribution in [1.82, 2.24) is 10.2 Å². The molecule has 2 fully saturated rings. The van der Waals surface area contributed by atoms with Crippen LogP contribution in [0.2, 0.25) is 0 Å². The summed E-state index contributed by atoms with van der Waals surface area (Å²) in [6.07, 6.45) is 6.94. The average Bonchev–Trinajstić information content (AvgIpc) is 3.17. The van der Waals surface area contributed by atoms with Crippen LogP contribution in [0.5, 0.6) is 0 Å². The Morgan fingerprint density at radius 3 is 2.95 bits per heavy atom. The lowest BCUT2D eigenvalue weighted by molar-refractivity contribution is 0.440. The summed E-state index contributed by atoms with van der Waals surface area (Å²) in [6, 6.07) is 8.90. The van der Waals surface area contributed by atoms with Crippen LogP contribution in [-0.2, 0) is 0 Å². The molecule has 2 bridgehead atoms. The number of fused-ring (bicyclic) bond motifs is 2. The fraction of sp³-hybridized carbons (Fsp3) is 0.467. The maximum Gasteiger partial charge on any atom is 0.247 e. The lowest BCUT2D eigenvalue weighted by Crippen LogP contribution is -2.25. The van der Waals surface area contributed by atoms with Crippen LogP contribution >= 0.6 is 0 Å². The van der Waals surface area contributed by atoms with Crippen LogP contribution in [0.25, 0.3) is 11.5 Å². The SMILES string of the molecule is c1cc(NC2CC3CCC2C3)cc(-c2nnco2)c1. The Balaban J connectivity index is 1.54. The molecule has 1 heterocycles. The van der Waals surface area contributed by atoms with Gasteiger partial charge >= 0.3 is 0 Å². The summed E-state index contributed by atoms with van der Waals surface area (Å²) in [5.41, 5.74) is 2.14. The molecule has 2 aromatic rings. The molecule has 98 valence electrons. The summed E-state index contributed by atoms with van der Waals surface area (Å²) in [4.78, 5) is 0. The summed E-state index contributed by atoms with van der Waals surface area (Å²) in [7, 11) is 0. The van der Waals surface area contributed by atoms with Crippen molar-refractivity contribution in [3.05, 3.63) is 30.7 Å². The Labute approximate surface area is 112 Å². The molecule has 19 heavy (non-hydrogen) atoms. The van der Waals surface area contributed by atoms with Crippen molar-refractivity contribution in [2.45, 2.75) is 31.7 Å². The molecular formula is C15H17N3O. The molecule has 4 rings (SSSR count). The van der Waals surface area contributed by atoms with Crippen LogP contribution in [0.15, 0.2) is 35.1 Å². The highest BCUT2D eigenvalue weighted by Gasteiger charge is 2.39. The fourth-order valence-corrected chi connectivity index (χ4v) is 3.68. The van der Waals surface area contributed by atoms with Gasteiger partial charge in [-0.3, -0.25) is 0 Å². The van der Waals surface area contributed by atoms with Crippen LogP contribution in [0, 0.1) is 11.8 Å². The first kappa shape index (κ1) is 11.0. The molecule has 0 aliphatic heterocycles. The van der Waals surface area contributed by atoms with E-state index in [1.807, 2.05) is 12.1 Å². The van der Waals surface area contributed by atoms with E-state index in [0.29, 0.717) is 11.9 Å². The highest BCUT2D eigenvalue weighted by atomic mass is 16.4. The Kier molecular flexibility index (Phi) is 2.53. The third kappa shape index (κ3) is 2.01. The van der Waals surface area contributed by atoms with E-state index in [-0.39, 0.29) is 0 Å². The second kappa shape index (κ2) is 4.37. The molecular weight excluding hydrogens is 238 g/mol. The van der Waals surface area contributed by atoms with Crippen molar-refractivity contribution >= 4 is 5.69 Å². The van der Waals surface area contributed by atoms with Crippen molar-refractivity contribution in [2.75, 3.05) is 5.32 Å². The van der Waals surface area contributed by atoms with Crippen LogP contribution in [0.1, 0.15) is 25.7 Å². The fourth-order valence-electron chi connectivity index (χ4n) is 3.68. The highest BCUT2D eigenvalue weighted by Crippen LogP contribution is 2.45. The first-order valence-electron chi connectivity index (χ1n) is 7.01. The quantitative estimate of drug-likeness (QED) is 0.914. The average molecular weight is 255 g/mol. The van der Waals surface area contributed by atoms with Gasteiger partial charge in [0.15, 0.2) is 0 Å². The van der Waals surface area contributed by atoms with Gasteiger partial charge in [-0.1, -0.05) is 12.5 Å². The topological polar surface area (TPSA) is 51.0 Å². The van der Waals surface area contributed by atoms with Gasteiger partial charge in [0.2, 0.25) is 12.3 Å². The van der Waals surface area contributed by atoms with Crippen molar-refractivity contribution in [3.8, 4) is 11.5 Å². The Morgan fingerprint density at radius 2 is 2.21 bits per heavy atom. The first-order chi connectivity index (χ1) is 9.38. The van der Waals surface area contributed by atoms with Gasteiger partial charge in [-0.15, -0.1) is 10.2 Å². The summed E-state index contributed by atoms with van der Waals surface area (Å²) in [6.45, 7) is 0. The van der Waals surface area contributed by atoms with Crippen molar-refractivity contribution in [2.24, 2.45) is 11.8 Å². The van der Waals surface area contributed by atoms with E-state index in [2.05, 4.69) is 27.6 Å². The van der Waals surface area contributed by atoms with Crippen molar-refractivity contribution in [3.63, 3.8) is 0 Å². The van der Waals surface area contributed by atoms with Gasteiger partial charge in [0, 0.05) is 17.3 Å². The van der Waals surface area contributed by atoms with Gasteiger partial charge in [-0.05, 0) is 49.3 Å². The van der Waals surface area contributed by atoms with E-state index in [1.54, 1.807) is 0 Å². The number of nitrogens with one attached hydrogen (secondary N) is 1. The number of hydrogen-bond acceptors (Lipinski definition) is 4. The molecule has 0 spiro atoms. The van der Waals surface area contributed by atoms with E-state index in [4.69, 9.17) is 4.42 Å². The maximum absolute atomic E-state index is 5.24. The van der Waals surface area contributed by atoms with Crippen LogP contribution in [0.4, 0.5) is 5.69 Å². The maximum atomic E-state index is 5.24. The molecule has 0 radical (unpaired) electrons. The summed E-state index contributed by atoms with van der Waals surface area (Å²) in [5, 5.41) is 11.4. The molecule has 4 nitrogen and oxygen atoms in total. The van der Waals surface area contributed by atoms with Crippen molar-refractivity contribution < 1.29 is 4.42 Å². The predicted octanol–water partition coefficient (Wildman–Crippen LogP) is 3.34. The Bertz CT molecular complexity index is 567. The zero-order valence-electron chi connectivity index (χ0n) is 10.7. The normalized spacial score (nSPS) is 28.7. The molecule has 3 unspecified atom stereocenters. The molecule has 1 aromatic carbocycles. The summed E-state index contributed by atoms with van der Waals surface area (Å²) in [5.74, 6) is 2.41. The zero-order valence-corrected chi connectivity index (χ0v) is 10.7. The monoisotopic (exact) mass is 255 g/mol. The van der Waals surface area contributed by atoms with Crippen molar-refractivity contribution in [1.29, 1.82) is 0 Å². The van der Waals surface area contributed by atoms with Gasteiger partial charge in [0.1, 0.15) is 0 Å². The van der Waals surface area contributed by atoms with E-state index in [0.717, 1.165) is 23.1 Å². The molecule has 2 aliphatic rings. The van der Waals surface area contributed by atoms with Gasteiger partial charge in [0.05, 0.1) is 0 Å². The summed E-state index contributed by atoms with van der Waals surface area (Å²) >= 11 is 0. The predicted molar refractivity (Wildman–Crippen MR) is 72.6 cm³/mol. The highest BCUT2D eigenvalue weighted by molar-refractivity contribution is 5.61. The second-order valence-electron chi connectivity index (χ2n) is 5.75. The van der Waals surface area contributed by atoms with Gasteiger partial charge in [-0.2, -0.15) is 0 Å². The number of anilines is 1. The van der Waals surface area contributed by atoms with Gasteiger partial charge < -0.3 is 9.73 Å². The molecule has 1 N–H and O–H groups in total. The van der Waals surface area contributed by atoms with Crippen LogP contribution in [0.3, 0.4) is 0 Å². The molecule has 3 atom stereocenters. The minimum atomic E-state index is 0.580. The molecule has 1 aromatic heterocycles. The Morgan fingerprint density at radius 1 is 1.21 bits per heavy atom. The second-order valence-corrected chi connectivity index (χ2v) is 5.75. The number of nitrogens with zero attached hydrogens (tertiary/aromatic N) is 2. The summed E-state index contributed by atoms with van der Waals surface area (Å²) < 4.78 is 5.24. The van der Waals surface area contributed by atoms with Gasteiger partial charge in [-0.25, -0.2) is 0 Å². The van der Waals surface area contributed by atoms with Gasteiger partial charge in [0.25, 0.3) is 0 Å². The molecule has 2 saturated carbocycles. The third-order valence-electron chi connectivity index (χ3n) is 4.56. The Hall–Kier alpha value is -1.84. The van der Waals surface area contributed by atoms with E-state index in [9.17, 15) is 0 Å². The van der Waals surface area contributed by atoms with E-state index < -0.39 is 0 Å². The molecule has 0 amide bonds. The third-order valence-corrected chi connectivity index (χ3v) is 4.56. The number of aromatic nitrogens is 2. The van der Waals surface area contributed by atoms with Crippen LogP contribution < -0.4 is 5.32 Å². The number of hydrogen-bond donors (Lipinski definition) is 1. The minimum Gasteiger partial charge on any atom is -0.423 e. The number of rotatable bonds is 3. The van der Waals surface area contributed by atoms with Crippen LogP contribution in [-0.4, -0.2) is 16.2 Å². The van der Waals surface area contributed by atoms with E-state index in [1.165, 1.54) is 32.1 Å². The first-order valence-corrected chi connectivity index (χ1v) is 7.01. The smallest absolute Gasteiger partial charge is 0.247 e. The van der Waals surface area contributed by atoms with E-state index >= 15 is 0 Å². The lowest BCUT2D eigenvalue weighted by atomic mass is 9.95. The molecule has 4 heteroatoms. The minimum absolute atomic E-state index is 0.580. The largest absolute Gasteiger partial charge is 0.423 e. The number of benzene rings is 1. The standard InChI is InChI=1S/C15H17N3O/c1-2-12(15-18-16-9-19-15)8-13(3-1)17-14-7-10-4-5-11(14)6-10/h1-3,8-11,14,17H,4-7H2. The lowest BCUT2D eigenvalue weighted by Gasteiger charge is -2.24. The zero-order chi connectivity index (χ0) is 12.7. The molecule has 0 saturated heterocycles. The molecule has 2 aliphatic carbocycles.